The average Bonchev–Trinajstić information content (AvgIpc) is 2.42. The molecule has 1 aliphatic rings. The van der Waals surface area contributed by atoms with E-state index in [9.17, 15) is 19.2 Å². The molecule has 5 N–H and O–H groups in total. The van der Waals surface area contributed by atoms with Crippen molar-refractivity contribution in [2.24, 2.45) is 5.92 Å². The SMILES string of the molecule is CC(C)[C@@H]1NC(=O)[C@H](CC(=O)O)NC(=O)[C@H](CO)NC1=O. The number of aliphatic hydroxyl groups is 1. The second kappa shape index (κ2) is 7.02. The highest BCUT2D eigenvalue weighted by Gasteiger charge is 2.35. The fraction of sp³-hybridized carbons (Fsp3) is 0.667. The summed E-state index contributed by atoms with van der Waals surface area (Å²) in [4.78, 5) is 46.7. The van der Waals surface area contributed by atoms with Crippen LogP contribution in [0.1, 0.15) is 20.3 Å². The Morgan fingerprint density at radius 1 is 1.05 bits per heavy atom. The number of carboxylic acid groups (broad SMARTS) is 1. The van der Waals surface area contributed by atoms with Crippen molar-refractivity contribution in [3.8, 4) is 0 Å². The molecule has 0 aromatic rings. The first-order valence-electron chi connectivity index (χ1n) is 6.50. The maximum atomic E-state index is 12.0. The van der Waals surface area contributed by atoms with E-state index in [1.807, 2.05) is 0 Å². The number of amides is 3. The van der Waals surface area contributed by atoms with Gasteiger partial charge in [0.2, 0.25) is 17.7 Å². The Morgan fingerprint density at radius 3 is 2.05 bits per heavy atom. The minimum atomic E-state index is -1.31. The monoisotopic (exact) mass is 301 g/mol. The summed E-state index contributed by atoms with van der Waals surface area (Å²) in [6, 6.07) is -3.46. The van der Waals surface area contributed by atoms with Crippen LogP contribution in [0, 0.1) is 5.92 Å². The zero-order valence-corrected chi connectivity index (χ0v) is 11.8. The number of rotatable bonds is 4. The second-order valence-electron chi connectivity index (χ2n) is 5.13. The number of hydrogen-bond donors (Lipinski definition) is 5. The Balaban J connectivity index is 3.07. The summed E-state index contributed by atoms with van der Waals surface area (Å²) in [5.74, 6) is -3.71. The second-order valence-corrected chi connectivity index (χ2v) is 5.13. The van der Waals surface area contributed by atoms with E-state index in [1.165, 1.54) is 0 Å². The van der Waals surface area contributed by atoms with Crippen molar-refractivity contribution in [2.45, 2.75) is 38.4 Å². The lowest BCUT2D eigenvalue weighted by Crippen LogP contribution is -2.53. The van der Waals surface area contributed by atoms with Crippen molar-refractivity contribution in [3.05, 3.63) is 0 Å². The molecule has 1 fully saturated rings. The minimum absolute atomic E-state index is 0.271. The molecule has 0 aliphatic carbocycles. The molecule has 118 valence electrons. The smallest absolute Gasteiger partial charge is 0.305 e. The molecule has 1 saturated heterocycles. The first-order chi connectivity index (χ1) is 9.76. The maximum Gasteiger partial charge on any atom is 0.305 e. The van der Waals surface area contributed by atoms with E-state index in [0.717, 1.165) is 0 Å². The van der Waals surface area contributed by atoms with Gasteiger partial charge in [0.05, 0.1) is 13.0 Å². The number of nitrogens with one attached hydrogen (secondary N) is 3. The predicted octanol–water partition coefficient (Wildman–Crippen LogP) is -2.42. The third-order valence-electron chi connectivity index (χ3n) is 3.07. The molecule has 0 bridgehead atoms. The van der Waals surface area contributed by atoms with Gasteiger partial charge in [0.25, 0.3) is 0 Å². The van der Waals surface area contributed by atoms with Crippen LogP contribution in [0.5, 0.6) is 0 Å². The van der Waals surface area contributed by atoms with Gasteiger partial charge in [0.1, 0.15) is 18.1 Å². The summed E-state index contributed by atoms with van der Waals surface area (Å²) < 4.78 is 0. The molecule has 9 heteroatoms. The molecule has 0 aromatic heterocycles. The first-order valence-corrected chi connectivity index (χ1v) is 6.50. The van der Waals surface area contributed by atoms with Gasteiger partial charge >= 0.3 is 5.97 Å². The van der Waals surface area contributed by atoms with Crippen molar-refractivity contribution in [1.82, 2.24) is 16.0 Å². The van der Waals surface area contributed by atoms with Crippen LogP contribution in [-0.4, -0.2) is 58.6 Å². The van der Waals surface area contributed by atoms with Gasteiger partial charge in [-0.1, -0.05) is 13.8 Å². The van der Waals surface area contributed by atoms with Crippen LogP contribution in [0.15, 0.2) is 0 Å². The molecule has 0 spiro atoms. The van der Waals surface area contributed by atoms with Gasteiger partial charge < -0.3 is 26.2 Å². The van der Waals surface area contributed by atoms with Crippen LogP contribution < -0.4 is 16.0 Å². The predicted molar refractivity (Wildman–Crippen MR) is 70.0 cm³/mol. The Bertz CT molecular complexity index is 450. The molecule has 1 aliphatic heterocycles. The number of hydrogen-bond acceptors (Lipinski definition) is 5. The zero-order chi connectivity index (χ0) is 16.2. The van der Waals surface area contributed by atoms with Gasteiger partial charge in [-0.05, 0) is 5.92 Å². The lowest BCUT2D eigenvalue weighted by molar-refractivity contribution is -0.140. The van der Waals surface area contributed by atoms with Crippen LogP contribution in [0.3, 0.4) is 0 Å². The summed E-state index contributed by atoms with van der Waals surface area (Å²) in [5, 5.41) is 24.9. The van der Waals surface area contributed by atoms with Gasteiger partial charge in [-0.15, -0.1) is 0 Å². The maximum absolute atomic E-state index is 12.0. The van der Waals surface area contributed by atoms with Crippen molar-refractivity contribution in [1.29, 1.82) is 0 Å². The van der Waals surface area contributed by atoms with Crippen LogP contribution in [0.4, 0.5) is 0 Å². The number of carboxylic acids is 1. The molecule has 0 saturated carbocycles. The highest BCUT2D eigenvalue weighted by Crippen LogP contribution is 2.06. The highest BCUT2D eigenvalue weighted by molar-refractivity contribution is 5.98. The van der Waals surface area contributed by atoms with E-state index < -0.39 is 54.8 Å². The van der Waals surface area contributed by atoms with Gasteiger partial charge in [-0.25, -0.2) is 0 Å². The summed E-state index contributed by atoms with van der Waals surface area (Å²) >= 11 is 0. The molecule has 21 heavy (non-hydrogen) atoms. The minimum Gasteiger partial charge on any atom is -0.481 e. The molecule has 3 atom stereocenters. The first kappa shape index (κ1) is 16.9. The van der Waals surface area contributed by atoms with Gasteiger partial charge in [0.15, 0.2) is 0 Å². The van der Waals surface area contributed by atoms with Crippen molar-refractivity contribution >= 4 is 23.7 Å². The number of aliphatic carboxylic acids is 1. The molecule has 9 nitrogen and oxygen atoms in total. The lowest BCUT2D eigenvalue weighted by atomic mass is 10.0. The molecule has 0 unspecified atom stereocenters. The van der Waals surface area contributed by atoms with Gasteiger partial charge in [-0.2, -0.15) is 0 Å². The third kappa shape index (κ3) is 4.42. The topological polar surface area (TPSA) is 145 Å². The molecule has 3 amide bonds. The van der Waals surface area contributed by atoms with Crippen LogP contribution in [-0.2, 0) is 19.2 Å². The zero-order valence-electron chi connectivity index (χ0n) is 11.8. The van der Waals surface area contributed by atoms with Gasteiger partial charge in [-0.3, -0.25) is 19.2 Å². The van der Waals surface area contributed by atoms with E-state index >= 15 is 0 Å². The van der Waals surface area contributed by atoms with Gasteiger partial charge in [0, 0.05) is 0 Å². The standard InChI is InChI=1S/C12H19N3O6/c1-5(2)9-12(21)14-7(4-16)11(20)13-6(3-8(17)18)10(19)15-9/h5-7,9,16H,3-4H2,1-2H3,(H,13,20)(H,14,21)(H,15,19)(H,17,18)/t6-,7-,9-/m0/s1. The molecule has 1 heterocycles. The highest BCUT2D eigenvalue weighted by atomic mass is 16.4. The summed E-state index contributed by atoms with van der Waals surface area (Å²) in [7, 11) is 0. The number of carbonyl (C=O) groups is 4. The fourth-order valence-electron chi connectivity index (χ4n) is 1.90. The largest absolute Gasteiger partial charge is 0.481 e. The van der Waals surface area contributed by atoms with E-state index in [4.69, 9.17) is 10.2 Å². The van der Waals surface area contributed by atoms with Crippen LogP contribution in [0.25, 0.3) is 0 Å². The Labute approximate surface area is 121 Å². The van der Waals surface area contributed by atoms with E-state index in [2.05, 4.69) is 16.0 Å². The molecular formula is C12H19N3O6. The van der Waals surface area contributed by atoms with Crippen molar-refractivity contribution in [3.63, 3.8) is 0 Å². The summed E-state index contributed by atoms with van der Waals surface area (Å²) in [6.45, 7) is 2.73. The summed E-state index contributed by atoms with van der Waals surface area (Å²) in [6.07, 6.45) is -0.616. The van der Waals surface area contributed by atoms with Crippen LogP contribution >= 0.6 is 0 Å². The fourth-order valence-corrected chi connectivity index (χ4v) is 1.90. The van der Waals surface area contributed by atoms with E-state index in [0.29, 0.717) is 0 Å². The van der Waals surface area contributed by atoms with E-state index in [-0.39, 0.29) is 5.92 Å². The molecule has 0 aromatic carbocycles. The Kier molecular flexibility index (Phi) is 5.65. The number of carbonyl (C=O) groups excluding carboxylic acids is 3. The Morgan fingerprint density at radius 2 is 1.57 bits per heavy atom. The third-order valence-corrected chi connectivity index (χ3v) is 3.07. The van der Waals surface area contributed by atoms with E-state index in [1.54, 1.807) is 13.8 Å². The number of aliphatic hydroxyl groups excluding tert-OH is 1. The molecule has 0 radical (unpaired) electrons. The lowest BCUT2D eigenvalue weighted by Gasteiger charge is -2.22. The normalized spacial score (nSPS) is 27.0. The molecular weight excluding hydrogens is 282 g/mol. The average molecular weight is 301 g/mol. The van der Waals surface area contributed by atoms with Crippen LogP contribution in [0.2, 0.25) is 0 Å². The summed E-state index contributed by atoms with van der Waals surface area (Å²) in [5.41, 5.74) is 0. The molecule has 1 rings (SSSR count). The Hall–Kier alpha value is -2.16. The van der Waals surface area contributed by atoms with Crippen molar-refractivity contribution < 1.29 is 29.4 Å². The van der Waals surface area contributed by atoms with Crippen molar-refractivity contribution in [2.75, 3.05) is 6.61 Å². The quantitative estimate of drug-likeness (QED) is 0.391.